The zero-order chi connectivity index (χ0) is 12.3. The molecule has 0 aromatic carbocycles. The Balaban J connectivity index is 1.70. The molecule has 1 saturated heterocycles. The Labute approximate surface area is 105 Å². The molecular weight excluding hydrogens is 236 g/mol. The lowest BCUT2D eigenvalue weighted by Crippen LogP contribution is -2.40. The van der Waals surface area contributed by atoms with Gasteiger partial charge in [-0.05, 0) is 32.7 Å². The predicted molar refractivity (Wildman–Crippen MR) is 69.9 cm³/mol. The lowest BCUT2D eigenvalue weighted by atomic mass is 10.2. The second-order valence-electron chi connectivity index (χ2n) is 5.48. The van der Waals surface area contributed by atoms with Crippen LogP contribution in [-0.2, 0) is 9.84 Å². The highest BCUT2D eigenvalue weighted by molar-refractivity contribution is 7.92. The molecule has 1 aliphatic carbocycles. The molecule has 1 saturated carbocycles. The highest BCUT2D eigenvalue weighted by Gasteiger charge is 2.29. The predicted octanol–water partition coefficient (Wildman–Crippen LogP) is 0.638. The molecular formula is C12H24N2O2S. The monoisotopic (exact) mass is 260 g/mol. The van der Waals surface area contributed by atoms with Crippen molar-refractivity contribution >= 4 is 9.84 Å². The van der Waals surface area contributed by atoms with Crippen LogP contribution in [0.15, 0.2) is 0 Å². The van der Waals surface area contributed by atoms with Crippen molar-refractivity contribution in [2.24, 2.45) is 0 Å². The van der Waals surface area contributed by atoms with Gasteiger partial charge in [-0.1, -0.05) is 6.42 Å². The minimum Gasteiger partial charge on any atom is -0.313 e. The summed E-state index contributed by atoms with van der Waals surface area (Å²) in [4.78, 5) is 2.16. The maximum absolute atomic E-state index is 11.9. The summed E-state index contributed by atoms with van der Waals surface area (Å²) in [7, 11) is -0.783. The van der Waals surface area contributed by atoms with Crippen LogP contribution in [0.2, 0.25) is 0 Å². The first-order chi connectivity index (χ1) is 8.08. The molecule has 2 rings (SSSR count). The van der Waals surface area contributed by atoms with Crippen molar-refractivity contribution in [3.8, 4) is 0 Å². The summed E-state index contributed by atoms with van der Waals surface area (Å²) in [5, 5.41) is 3.33. The van der Waals surface area contributed by atoms with Gasteiger partial charge in [-0.2, -0.15) is 0 Å². The molecule has 0 amide bonds. The third-order valence-electron chi connectivity index (χ3n) is 3.73. The molecule has 0 bridgehead atoms. The van der Waals surface area contributed by atoms with Gasteiger partial charge in [0, 0.05) is 25.7 Å². The van der Waals surface area contributed by atoms with Crippen LogP contribution >= 0.6 is 0 Å². The second-order valence-corrected chi connectivity index (χ2v) is 7.88. The number of hydrogen-bond acceptors (Lipinski definition) is 4. The molecule has 4 nitrogen and oxygen atoms in total. The average molecular weight is 260 g/mol. The number of likely N-dealkylation sites (N-methyl/N-ethyl adjacent to an activating group) is 1. The van der Waals surface area contributed by atoms with E-state index in [2.05, 4.69) is 10.2 Å². The minimum absolute atomic E-state index is 0.123. The van der Waals surface area contributed by atoms with Crippen LogP contribution in [0.25, 0.3) is 0 Å². The fourth-order valence-electron chi connectivity index (χ4n) is 2.41. The van der Waals surface area contributed by atoms with Crippen LogP contribution in [0.4, 0.5) is 0 Å². The molecule has 1 N–H and O–H groups in total. The van der Waals surface area contributed by atoms with Crippen LogP contribution in [0.5, 0.6) is 0 Å². The topological polar surface area (TPSA) is 49.4 Å². The fraction of sp³-hybridized carbons (Fsp3) is 1.00. The van der Waals surface area contributed by atoms with Crippen molar-refractivity contribution < 1.29 is 8.42 Å². The highest BCUT2D eigenvalue weighted by Crippen LogP contribution is 2.20. The maximum atomic E-state index is 11.9. The van der Waals surface area contributed by atoms with Crippen LogP contribution in [-0.4, -0.2) is 57.0 Å². The Morgan fingerprint density at radius 2 is 2.00 bits per heavy atom. The molecule has 1 heterocycles. The number of hydrogen-bond donors (Lipinski definition) is 1. The smallest absolute Gasteiger partial charge is 0.154 e. The third kappa shape index (κ3) is 4.23. The summed E-state index contributed by atoms with van der Waals surface area (Å²) in [6.45, 7) is 2.63. The van der Waals surface area contributed by atoms with Gasteiger partial charge in [0.05, 0.1) is 11.0 Å². The van der Waals surface area contributed by atoms with E-state index in [9.17, 15) is 8.42 Å². The molecule has 5 heteroatoms. The average Bonchev–Trinajstić information content (AvgIpc) is 3.05. The first-order valence-corrected chi connectivity index (χ1v) is 8.43. The van der Waals surface area contributed by atoms with E-state index < -0.39 is 9.84 Å². The zero-order valence-corrected chi connectivity index (χ0v) is 11.5. The Morgan fingerprint density at radius 3 is 2.65 bits per heavy atom. The Morgan fingerprint density at radius 1 is 1.24 bits per heavy atom. The molecule has 0 radical (unpaired) electrons. The Hall–Kier alpha value is -0.130. The second kappa shape index (κ2) is 5.67. The quantitative estimate of drug-likeness (QED) is 0.761. The van der Waals surface area contributed by atoms with Crippen LogP contribution < -0.4 is 5.32 Å². The van der Waals surface area contributed by atoms with E-state index in [4.69, 9.17) is 0 Å². The van der Waals surface area contributed by atoms with Gasteiger partial charge in [0.25, 0.3) is 0 Å². The summed E-state index contributed by atoms with van der Waals surface area (Å²) in [5.74, 6) is 0.395. The molecule has 2 aliphatic rings. The van der Waals surface area contributed by atoms with Gasteiger partial charge in [0.1, 0.15) is 0 Å². The molecule has 17 heavy (non-hydrogen) atoms. The van der Waals surface area contributed by atoms with Gasteiger partial charge in [-0.3, -0.25) is 0 Å². The van der Waals surface area contributed by atoms with Crippen LogP contribution in [0.3, 0.4) is 0 Å². The number of sulfone groups is 1. The summed E-state index contributed by atoms with van der Waals surface area (Å²) >= 11 is 0. The van der Waals surface area contributed by atoms with E-state index >= 15 is 0 Å². The molecule has 100 valence electrons. The zero-order valence-electron chi connectivity index (χ0n) is 10.7. The SMILES string of the molecule is CN(CCNC1CC1)CC1CCCCS1(=O)=O. The van der Waals surface area contributed by atoms with Crippen molar-refractivity contribution in [2.45, 2.75) is 43.4 Å². The van der Waals surface area contributed by atoms with Crippen molar-refractivity contribution in [3.63, 3.8) is 0 Å². The third-order valence-corrected chi connectivity index (χ3v) is 5.99. The summed E-state index contributed by atoms with van der Waals surface area (Å²) < 4.78 is 23.7. The first kappa shape index (κ1) is 13.3. The number of nitrogens with zero attached hydrogens (tertiary/aromatic N) is 1. The molecule has 1 aliphatic heterocycles. The van der Waals surface area contributed by atoms with Gasteiger partial charge in [-0.25, -0.2) is 8.42 Å². The number of rotatable bonds is 6. The van der Waals surface area contributed by atoms with Crippen molar-refractivity contribution in [1.29, 1.82) is 0 Å². The van der Waals surface area contributed by atoms with E-state index in [1.165, 1.54) is 12.8 Å². The normalized spacial score (nSPS) is 28.5. The molecule has 1 atom stereocenters. The largest absolute Gasteiger partial charge is 0.313 e. The molecule has 1 unspecified atom stereocenters. The standard InChI is InChI=1S/C12H24N2O2S/c1-14(8-7-13-11-5-6-11)10-12-4-2-3-9-17(12,15)16/h11-13H,2-10H2,1H3. The highest BCUT2D eigenvalue weighted by atomic mass is 32.2. The lowest BCUT2D eigenvalue weighted by Gasteiger charge is -2.27. The fourth-order valence-corrected chi connectivity index (χ4v) is 4.36. The summed E-state index contributed by atoms with van der Waals surface area (Å²) in [5.41, 5.74) is 0. The summed E-state index contributed by atoms with van der Waals surface area (Å²) in [6, 6.07) is 0.738. The van der Waals surface area contributed by atoms with Gasteiger partial charge >= 0.3 is 0 Å². The van der Waals surface area contributed by atoms with Crippen molar-refractivity contribution in [3.05, 3.63) is 0 Å². The molecule has 0 aromatic heterocycles. The molecule has 2 fully saturated rings. The Kier molecular flexibility index (Phi) is 4.44. The van der Waals surface area contributed by atoms with Gasteiger partial charge in [0.15, 0.2) is 9.84 Å². The lowest BCUT2D eigenvalue weighted by molar-refractivity contribution is 0.319. The maximum Gasteiger partial charge on any atom is 0.154 e. The van der Waals surface area contributed by atoms with E-state index in [1.54, 1.807) is 0 Å². The van der Waals surface area contributed by atoms with Gasteiger partial charge in [-0.15, -0.1) is 0 Å². The molecule has 0 aromatic rings. The van der Waals surface area contributed by atoms with E-state index in [-0.39, 0.29) is 5.25 Å². The van der Waals surface area contributed by atoms with E-state index in [1.807, 2.05) is 7.05 Å². The van der Waals surface area contributed by atoms with Crippen LogP contribution in [0, 0.1) is 0 Å². The number of nitrogens with one attached hydrogen (secondary N) is 1. The van der Waals surface area contributed by atoms with E-state index in [0.29, 0.717) is 12.3 Å². The Bertz CT molecular complexity index is 338. The van der Waals surface area contributed by atoms with Crippen molar-refractivity contribution in [1.82, 2.24) is 10.2 Å². The summed E-state index contributed by atoms with van der Waals surface area (Å²) in [6.07, 6.45) is 5.38. The van der Waals surface area contributed by atoms with E-state index in [0.717, 1.165) is 38.4 Å². The van der Waals surface area contributed by atoms with Gasteiger partial charge < -0.3 is 10.2 Å². The molecule has 0 spiro atoms. The van der Waals surface area contributed by atoms with Crippen LogP contribution in [0.1, 0.15) is 32.1 Å². The van der Waals surface area contributed by atoms with Gasteiger partial charge in [0.2, 0.25) is 0 Å². The first-order valence-electron chi connectivity index (χ1n) is 6.71. The minimum atomic E-state index is -2.81. The van der Waals surface area contributed by atoms with Crippen molar-refractivity contribution in [2.75, 3.05) is 32.4 Å².